The molecular weight excluding hydrogens is 258 g/mol. The van der Waals surface area contributed by atoms with E-state index in [4.69, 9.17) is 4.74 Å². The maximum atomic E-state index is 12.2. The van der Waals surface area contributed by atoms with Crippen LogP contribution in [0.25, 0.3) is 0 Å². The molecule has 0 unspecified atom stereocenters. The Bertz CT molecular complexity index is 578. The van der Waals surface area contributed by atoms with Crippen molar-refractivity contribution in [1.29, 1.82) is 0 Å². The van der Waals surface area contributed by atoms with Gasteiger partial charge in [0.15, 0.2) is 0 Å². The van der Waals surface area contributed by atoms with Crippen LogP contribution < -0.4 is 4.74 Å². The molecule has 2 aromatic rings. The van der Waals surface area contributed by atoms with Crippen LogP contribution in [0.2, 0.25) is 0 Å². The quantitative estimate of drug-likeness (QED) is 0.811. The summed E-state index contributed by atoms with van der Waals surface area (Å²) >= 11 is 0. The third-order valence-corrected chi connectivity index (χ3v) is 3.04. The van der Waals surface area contributed by atoms with Crippen LogP contribution in [0.3, 0.4) is 0 Å². The lowest BCUT2D eigenvalue weighted by Crippen LogP contribution is -2.31. The van der Waals surface area contributed by atoms with Gasteiger partial charge in [-0.15, -0.1) is 0 Å². The molecule has 20 heavy (non-hydrogen) atoms. The van der Waals surface area contributed by atoms with Crippen LogP contribution in [0.4, 0.5) is 0 Å². The van der Waals surface area contributed by atoms with E-state index in [1.54, 1.807) is 29.7 Å². The highest BCUT2D eigenvalue weighted by molar-refractivity contribution is 5.92. The molecule has 0 aliphatic carbocycles. The molecule has 7 nitrogen and oxygen atoms in total. The van der Waals surface area contributed by atoms with Crippen LogP contribution in [0.15, 0.2) is 37.2 Å². The Hall–Kier alpha value is -2.57. The highest BCUT2D eigenvalue weighted by atomic mass is 16.5. The summed E-state index contributed by atoms with van der Waals surface area (Å²) in [4.78, 5) is 29.8. The first-order chi connectivity index (χ1) is 9.83. The van der Waals surface area contributed by atoms with Crippen LogP contribution in [0, 0.1) is 0 Å². The molecule has 0 saturated carbocycles. The zero-order chi connectivity index (χ0) is 13.8. The molecule has 7 heteroatoms. The largest absolute Gasteiger partial charge is 0.471 e. The minimum absolute atomic E-state index is 0.0627. The van der Waals surface area contributed by atoms with E-state index in [-0.39, 0.29) is 12.0 Å². The monoisotopic (exact) mass is 271 g/mol. The predicted molar refractivity (Wildman–Crippen MR) is 69.0 cm³/mol. The molecule has 0 spiro atoms. The topological polar surface area (TPSA) is 81.1 Å². The predicted octanol–water partition coefficient (Wildman–Crippen LogP) is 0.560. The van der Waals surface area contributed by atoms with E-state index in [9.17, 15) is 4.79 Å². The number of amides is 1. The van der Waals surface area contributed by atoms with E-state index in [0.717, 1.165) is 6.42 Å². The van der Waals surface area contributed by atoms with Crippen LogP contribution in [-0.4, -0.2) is 49.9 Å². The molecule has 1 amide bonds. The number of nitrogens with zero attached hydrogens (tertiary/aromatic N) is 5. The first kappa shape index (κ1) is 12.5. The molecule has 0 radical (unpaired) electrons. The number of carbonyl (C=O) groups excluding carboxylic acids is 1. The second-order valence-corrected chi connectivity index (χ2v) is 4.41. The van der Waals surface area contributed by atoms with E-state index in [1.165, 1.54) is 12.4 Å². The van der Waals surface area contributed by atoms with Gasteiger partial charge in [-0.05, 0) is 0 Å². The van der Waals surface area contributed by atoms with Crippen molar-refractivity contribution in [2.24, 2.45) is 0 Å². The third-order valence-electron chi connectivity index (χ3n) is 3.04. The summed E-state index contributed by atoms with van der Waals surface area (Å²) in [6.45, 7) is 1.16. The van der Waals surface area contributed by atoms with Gasteiger partial charge in [0.05, 0.1) is 18.9 Å². The Morgan fingerprint density at radius 1 is 1.15 bits per heavy atom. The normalized spacial score (nSPS) is 18.0. The molecule has 1 atom stereocenters. The van der Waals surface area contributed by atoms with Crippen molar-refractivity contribution < 1.29 is 9.53 Å². The van der Waals surface area contributed by atoms with Crippen LogP contribution in [-0.2, 0) is 0 Å². The zero-order valence-corrected chi connectivity index (χ0v) is 10.7. The minimum Gasteiger partial charge on any atom is -0.471 e. The van der Waals surface area contributed by atoms with Gasteiger partial charge in [0, 0.05) is 37.8 Å². The van der Waals surface area contributed by atoms with E-state index < -0.39 is 0 Å². The van der Waals surface area contributed by atoms with Crippen LogP contribution in [0.1, 0.15) is 16.9 Å². The number of hydrogen-bond donors (Lipinski definition) is 0. The van der Waals surface area contributed by atoms with Gasteiger partial charge < -0.3 is 9.64 Å². The number of ether oxygens (including phenoxy) is 1. The van der Waals surface area contributed by atoms with Crippen molar-refractivity contribution in [2.45, 2.75) is 12.5 Å². The summed E-state index contributed by atoms with van der Waals surface area (Å²) in [5, 5.41) is 0. The number of hydrogen-bond acceptors (Lipinski definition) is 6. The first-order valence-corrected chi connectivity index (χ1v) is 6.31. The highest BCUT2D eigenvalue weighted by Gasteiger charge is 2.29. The van der Waals surface area contributed by atoms with Crippen LogP contribution in [0.5, 0.6) is 5.88 Å². The van der Waals surface area contributed by atoms with Gasteiger partial charge in [0.25, 0.3) is 5.91 Å². The van der Waals surface area contributed by atoms with E-state index in [0.29, 0.717) is 24.7 Å². The molecule has 0 aromatic carbocycles. The third kappa shape index (κ3) is 2.71. The van der Waals surface area contributed by atoms with E-state index in [2.05, 4.69) is 19.9 Å². The van der Waals surface area contributed by atoms with Gasteiger partial charge in [-0.3, -0.25) is 14.8 Å². The molecule has 3 rings (SSSR count). The maximum Gasteiger partial charge on any atom is 0.274 e. The summed E-state index contributed by atoms with van der Waals surface area (Å²) in [5.74, 6) is 0.356. The fourth-order valence-electron chi connectivity index (χ4n) is 2.10. The Morgan fingerprint density at radius 3 is 2.65 bits per heavy atom. The Morgan fingerprint density at radius 2 is 1.95 bits per heavy atom. The molecule has 3 heterocycles. The average Bonchev–Trinajstić information content (AvgIpc) is 2.97. The van der Waals surface area contributed by atoms with Gasteiger partial charge in [-0.25, -0.2) is 9.97 Å². The van der Waals surface area contributed by atoms with Crippen molar-refractivity contribution >= 4 is 5.91 Å². The Labute approximate surface area is 115 Å². The lowest BCUT2D eigenvalue weighted by atomic mass is 10.3. The highest BCUT2D eigenvalue weighted by Crippen LogP contribution is 2.17. The lowest BCUT2D eigenvalue weighted by Gasteiger charge is -2.16. The second-order valence-electron chi connectivity index (χ2n) is 4.41. The minimum atomic E-state index is -0.122. The smallest absolute Gasteiger partial charge is 0.274 e. The molecule has 2 aromatic heterocycles. The summed E-state index contributed by atoms with van der Waals surface area (Å²) in [7, 11) is 0. The summed E-state index contributed by atoms with van der Waals surface area (Å²) in [6.07, 6.45) is 9.96. The van der Waals surface area contributed by atoms with Crippen LogP contribution >= 0.6 is 0 Å². The van der Waals surface area contributed by atoms with Crippen molar-refractivity contribution in [3.8, 4) is 5.88 Å². The van der Waals surface area contributed by atoms with Gasteiger partial charge in [-0.1, -0.05) is 0 Å². The van der Waals surface area contributed by atoms with E-state index in [1.807, 2.05) is 0 Å². The van der Waals surface area contributed by atoms with Crippen molar-refractivity contribution in [3.05, 3.63) is 42.9 Å². The standard InChI is InChI=1S/C13H13N5O2/c19-13(11-7-14-2-4-16-11)18-6-1-10(9-18)20-12-8-15-3-5-17-12/h2-5,7-8,10H,1,6,9H2/t10-/m0/s1. The molecular formula is C13H13N5O2. The molecule has 1 saturated heterocycles. The molecule has 0 bridgehead atoms. The Balaban J connectivity index is 1.61. The van der Waals surface area contributed by atoms with Gasteiger partial charge in [-0.2, -0.15) is 0 Å². The number of aromatic nitrogens is 4. The number of carbonyl (C=O) groups is 1. The molecule has 1 aliphatic rings. The average molecular weight is 271 g/mol. The van der Waals surface area contributed by atoms with E-state index >= 15 is 0 Å². The molecule has 1 aliphatic heterocycles. The van der Waals surface area contributed by atoms with Gasteiger partial charge in [0.1, 0.15) is 11.8 Å². The summed E-state index contributed by atoms with van der Waals surface area (Å²) < 4.78 is 5.69. The first-order valence-electron chi connectivity index (χ1n) is 6.31. The van der Waals surface area contributed by atoms with Gasteiger partial charge >= 0.3 is 0 Å². The lowest BCUT2D eigenvalue weighted by molar-refractivity contribution is 0.0765. The Kier molecular flexibility index (Phi) is 3.49. The summed E-state index contributed by atoms with van der Waals surface area (Å²) in [5.41, 5.74) is 0.354. The van der Waals surface area contributed by atoms with Crippen molar-refractivity contribution in [1.82, 2.24) is 24.8 Å². The van der Waals surface area contributed by atoms with Crippen molar-refractivity contribution in [2.75, 3.05) is 13.1 Å². The number of rotatable bonds is 3. The second kappa shape index (κ2) is 5.60. The SMILES string of the molecule is O=C(c1cnccn1)N1CC[C@H](Oc2cnccn2)C1. The van der Waals surface area contributed by atoms with Gasteiger partial charge in [0.2, 0.25) is 5.88 Å². The summed E-state index contributed by atoms with van der Waals surface area (Å²) in [6, 6.07) is 0. The molecule has 0 N–H and O–H groups in total. The van der Waals surface area contributed by atoms with Crippen molar-refractivity contribution in [3.63, 3.8) is 0 Å². The molecule has 1 fully saturated rings. The molecule has 102 valence electrons. The maximum absolute atomic E-state index is 12.2. The fraction of sp³-hybridized carbons (Fsp3) is 0.308. The fourth-order valence-corrected chi connectivity index (χ4v) is 2.10. The zero-order valence-electron chi connectivity index (χ0n) is 10.7. The number of likely N-dealkylation sites (tertiary alicyclic amines) is 1.